The van der Waals surface area contributed by atoms with Crippen LogP contribution < -0.4 is 0 Å². The quantitative estimate of drug-likeness (QED) is 0.723. The van der Waals surface area contributed by atoms with Crippen LogP contribution in [0.3, 0.4) is 0 Å². The summed E-state index contributed by atoms with van der Waals surface area (Å²) in [4.78, 5) is 22.7. The highest BCUT2D eigenvalue weighted by molar-refractivity contribution is 6.45. The van der Waals surface area contributed by atoms with Gasteiger partial charge in [-0.3, -0.25) is 4.79 Å². The summed E-state index contributed by atoms with van der Waals surface area (Å²) in [6, 6.07) is 7.59. The van der Waals surface area contributed by atoms with E-state index in [-0.39, 0.29) is 11.4 Å². The van der Waals surface area contributed by atoms with Crippen molar-refractivity contribution in [1.29, 1.82) is 0 Å². The van der Waals surface area contributed by atoms with E-state index < -0.39 is 5.97 Å². The smallest absolute Gasteiger partial charge is 0.339 e. The van der Waals surface area contributed by atoms with E-state index in [1.165, 1.54) is 6.08 Å². The first-order chi connectivity index (χ1) is 7.70. The second-order valence-electron chi connectivity index (χ2n) is 3.86. The summed E-state index contributed by atoms with van der Waals surface area (Å²) in [6.07, 6.45) is 2.04. The van der Waals surface area contributed by atoms with Crippen LogP contribution in [0.2, 0.25) is 0 Å². The number of carboxylic acids is 1. The van der Waals surface area contributed by atoms with Crippen molar-refractivity contribution in [2.75, 3.05) is 0 Å². The molecule has 0 bridgehead atoms. The number of carboxylic acid groups (broad SMARTS) is 1. The molecule has 0 heterocycles. The lowest BCUT2D eigenvalue weighted by atomic mass is 9.73. The maximum atomic E-state index is 11.9. The molecule has 1 aromatic rings. The fraction of sp³-hybridized carbons (Fsp3) is 0.0769. The zero-order valence-corrected chi connectivity index (χ0v) is 8.36. The molecule has 3 rings (SSSR count). The predicted octanol–water partition coefficient (Wildman–Crippen LogP) is 1.89. The van der Waals surface area contributed by atoms with Gasteiger partial charge in [-0.25, -0.2) is 4.79 Å². The highest BCUT2D eigenvalue weighted by atomic mass is 16.4. The van der Waals surface area contributed by atoms with Crippen LogP contribution in [0, 0.1) is 0 Å². The third-order valence-corrected chi connectivity index (χ3v) is 3.04. The summed E-state index contributed by atoms with van der Waals surface area (Å²) in [5, 5.41) is 8.87. The molecule has 3 heteroatoms. The van der Waals surface area contributed by atoms with Crippen LogP contribution in [0.1, 0.15) is 17.5 Å². The van der Waals surface area contributed by atoms with Gasteiger partial charge in [-0.05, 0) is 23.1 Å². The van der Waals surface area contributed by atoms with E-state index in [2.05, 4.69) is 0 Å². The lowest BCUT2D eigenvalue weighted by Gasteiger charge is -2.29. The van der Waals surface area contributed by atoms with Gasteiger partial charge in [-0.1, -0.05) is 30.3 Å². The Morgan fingerprint density at radius 2 is 1.88 bits per heavy atom. The molecule has 0 amide bonds. The molecular weight excluding hydrogens is 204 g/mol. The molecule has 3 nitrogen and oxygen atoms in total. The SMILES string of the molecule is O=C(O)C1=CCC2=C(C1=O)c1ccccc12. The average molecular weight is 212 g/mol. The highest BCUT2D eigenvalue weighted by Gasteiger charge is 2.36. The topological polar surface area (TPSA) is 54.4 Å². The molecule has 0 saturated carbocycles. The molecular formula is C13H8O3. The Bertz CT molecular complexity index is 591. The summed E-state index contributed by atoms with van der Waals surface area (Å²) < 4.78 is 0. The van der Waals surface area contributed by atoms with E-state index in [1.807, 2.05) is 24.3 Å². The number of hydrogen-bond donors (Lipinski definition) is 1. The number of ketones is 1. The number of aliphatic carboxylic acids is 1. The third kappa shape index (κ3) is 0.972. The molecule has 2 aliphatic rings. The van der Waals surface area contributed by atoms with Gasteiger partial charge in [0.25, 0.3) is 0 Å². The van der Waals surface area contributed by atoms with E-state index in [0.717, 1.165) is 16.7 Å². The van der Waals surface area contributed by atoms with Crippen molar-refractivity contribution < 1.29 is 14.7 Å². The summed E-state index contributed by atoms with van der Waals surface area (Å²) in [7, 11) is 0. The van der Waals surface area contributed by atoms with E-state index in [4.69, 9.17) is 5.11 Å². The molecule has 0 aromatic heterocycles. The van der Waals surface area contributed by atoms with Crippen LogP contribution in [0.5, 0.6) is 0 Å². The zero-order chi connectivity index (χ0) is 11.3. The van der Waals surface area contributed by atoms with Crippen LogP contribution >= 0.6 is 0 Å². The van der Waals surface area contributed by atoms with E-state index in [0.29, 0.717) is 12.0 Å². The molecule has 78 valence electrons. The molecule has 0 unspecified atom stereocenters. The van der Waals surface area contributed by atoms with Crippen molar-refractivity contribution in [1.82, 2.24) is 0 Å². The summed E-state index contributed by atoms with van der Waals surface area (Å²) >= 11 is 0. The Kier molecular flexibility index (Phi) is 1.66. The first-order valence-corrected chi connectivity index (χ1v) is 5.01. The van der Waals surface area contributed by atoms with E-state index in [9.17, 15) is 9.59 Å². The number of hydrogen-bond acceptors (Lipinski definition) is 2. The summed E-state index contributed by atoms with van der Waals surface area (Å²) in [5.74, 6) is -1.49. The first-order valence-electron chi connectivity index (χ1n) is 5.01. The molecule has 1 aromatic carbocycles. The van der Waals surface area contributed by atoms with Crippen molar-refractivity contribution >= 4 is 22.9 Å². The van der Waals surface area contributed by atoms with Gasteiger partial charge in [0, 0.05) is 5.57 Å². The minimum atomic E-state index is -1.14. The average Bonchev–Trinajstić information content (AvgIpc) is 2.24. The largest absolute Gasteiger partial charge is 0.478 e. The van der Waals surface area contributed by atoms with Crippen LogP contribution in [0.15, 0.2) is 35.9 Å². The van der Waals surface area contributed by atoms with Crippen LogP contribution in [0.4, 0.5) is 0 Å². The number of Topliss-reactive ketones (excluding diaryl/α,β-unsaturated/α-hetero) is 1. The van der Waals surface area contributed by atoms with Gasteiger partial charge in [0.15, 0.2) is 0 Å². The Morgan fingerprint density at radius 1 is 1.19 bits per heavy atom. The van der Waals surface area contributed by atoms with Crippen molar-refractivity contribution in [3.05, 3.63) is 47.0 Å². The van der Waals surface area contributed by atoms with E-state index in [1.54, 1.807) is 0 Å². The van der Waals surface area contributed by atoms with Gasteiger partial charge in [-0.2, -0.15) is 0 Å². The Morgan fingerprint density at radius 3 is 2.56 bits per heavy atom. The van der Waals surface area contributed by atoms with Crippen LogP contribution in [-0.4, -0.2) is 16.9 Å². The van der Waals surface area contributed by atoms with Gasteiger partial charge >= 0.3 is 5.97 Å². The van der Waals surface area contributed by atoms with E-state index >= 15 is 0 Å². The second kappa shape index (κ2) is 2.92. The van der Waals surface area contributed by atoms with Crippen LogP contribution in [-0.2, 0) is 9.59 Å². The first kappa shape index (κ1) is 9.09. The zero-order valence-electron chi connectivity index (χ0n) is 8.36. The standard InChI is InChI=1S/C13H8O3/c14-12-10(13(15)16)6-5-9-7-3-1-2-4-8(7)11(9)12/h1-4,6H,5H2,(H,15,16). The fourth-order valence-corrected chi connectivity index (χ4v) is 2.29. The fourth-order valence-electron chi connectivity index (χ4n) is 2.29. The molecule has 16 heavy (non-hydrogen) atoms. The number of carbonyl (C=O) groups excluding carboxylic acids is 1. The lowest BCUT2D eigenvalue weighted by Crippen LogP contribution is -2.23. The van der Waals surface area contributed by atoms with Gasteiger partial charge in [0.2, 0.25) is 5.78 Å². The monoisotopic (exact) mass is 212 g/mol. The van der Waals surface area contributed by atoms with Crippen molar-refractivity contribution in [3.63, 3.8) is 0 Å². The number of allylic oxidation sites excluding steroid dienone is 3. The number of carbonyl (C=O) groups is 2. The van der Waals surface area contributed by atoms with Gasteiger partial charge in [0.1, 0.15) is 5.57 Å². The molecule has 1 N–H and O–H groups in total. The maximum absolute atomic E-state index is 11.9. The van der Waals surface area contributed by atoms with Crippen molar-refractivity contribution in [2.24, 2.45) is 0 Å². The maximum Gasteiger partial charge on any atom is 0.339 e. The number of fused-ring (bicyclic) bond motifs is 3. The highest BCUT2D eigenvalue weighted by Crippen LogP contribution is 2.46. The Labute approximate surface area is 91.7 Å². The molecule has 0 spiro atoms. The predicted molar refractivity (Wildman–Crippen MR) is 58.6 cm³/mol. The third-order valence-electron chi connectivity index (χ3n) is 3.04. The molecule has 2 aliphatic carbocycles. The van der Waals surface area contributed by atoms with Gasteiger partial charge in [-0.15, -0.1) is 0 Å². The number of rotatable bonds is 1. The Hall–Kier alpha value is -2.16. The van der Waals surface area contributed by atoms with Gasteiger partial charge < -0.3 is 5.11 Å². The molecule has 0 saturated heterocycles. The van der Waals surface area contributed by atoms with Gasteiger partial charge in [0.05, 0.1) is 0 Å². The molecule has 0 atom stereocenters. The van der Waals surface area contributed by atoms with Crippen molar-refractivity contribution in [3.8, 4) is 0 Å². The molecule has 0 radical (unpaired) electrons. The summed E-state index contributed by atoms with van der Waals surface area (Å²) in [6.45, 7) is 0. The normalized spacial score (nSPS) is 17.2. The van der Waals surface area contributed by atoms with Crippen LogP contribution in [0.25, 0.3) is 11.1 Å². The lowest BCUT2D eigenvalue weighted by molar-refractivity contribution is -0.134. The minimum absolute atomic E-state index is 0.103. The van der Waals surface area contributed by atoms with Crippen molar-refractivity contribution in [2.45, 2.75) is 6.42 Å². The summed E-state index contributed by atoms with van der Waals surface area (Å²) in [5.41, 5.74) is 3.43. The number of benzene rings is 1. The Balaban J connectivity index is 2.08. The second-order valence-corrected chi connectivity index (χ2v) is 3.86. The molecule has 0 aliphatic heterocycles. The molecule has 0 fully saturated rings. The minimum Gasteiger partial charge on any atom is -0.478 e.